The van der Waals surface area contributed by atoms with Crippen molar-refractivity contribution in [2.75, 3.05) is 4.43 Å². The highest BCUT2D eigenvalue weighted by Gasteiger charge is 2.71. The van der Waals surface area contributed by atoms with Crippen LogP contribution in [0.3, 0.4) is 0 Å². The molecule has 0 aliphatic carbocycles. The second kappa shape index (κ2) is 7.07. The third-order valence-corrected chi connectivity index (χ3v) is 3.52. The summed E-state index contributed by atoms with van der Waals surface area (Å²) in [6, 6.07) is 0. The van der Waals surface area contributed by atoms with Crippen LogP contribution in [0.2, 0.25) is 0 Å². The fraction of sp³-hybridized carbons (Fsp3) is 1.00. The van der Waals surface area contributed by atoms with Gasteiger partial charge in [-0.1, -0.05) is 22.6 Å². The van der Waals surface area contributed by atoms with Crippen LogP contribution in [0.5, 0.6) is 0 Å². The first kappa shape index (κ1) is 21.0. The largest absolute Gasteiger partial charge is 0.431 e. The van der Waals surface area contributed by atoms with Crippen molar-refractivity contribution in [1.29, 1.82) is 0 Å². The summed E-state index contributed by atoms with van der Waals surface area (Å²) in [4.78, 5) is 0. The lowest BCUT2D eigenvalue weighted by atomic mass is 9.92. The molecule has 0 fully saturated rings. The van der Waals surface area contributed by atoms with Gasteiger partial charge < -0.3 is 0 Å². The molecule has 0 radical (unpaired) electrons. The molecule has 0 bridgehead atoms. The molecule has 0 spiro atoms. The maximum atomic E-state index is 13.2. The summed E-state index contributed by atoms with van der Waals surface area (Å²) in [6.45, 7) is 0. The number of hydrogen-bond acceptors (Lipinski definition) is 0. The number of hydrogen-bond donors (Lipinski definition) is 0. The quantitative estimate of drug-likeness (QED) is 0.266. The van der Waals surface area contributed by atoms with Gasteiger partial charge in [0.05, 0.1) is 5.92 Å². The van der Waals surface area contributed by atoms with Gasteiger partial charge in [0.1, 0.15) is 0 Å². The molecule has 0 aromatic heterocycles. The first-order chi connectivity index (χ1) is 9.17. The Morgan fingerprint density at radius 1 is 0.714 bits per heavy atom. The average Bonchev–Trinajstić information content (AvgIpc) is 2.23. The fourth-order valence-corrected chi connectivity index (χ4v) is 2.39. The number of rotatable bonds is 6. The molecule has 0 aliphatic heterocycles. The summed E-state index contributed by atoms with van der Waals surface area (Å²) in [7, 11) is 0. The Hall–Kier alpha value is 0.0300. The van der Waals surface area contributed by atoms with Crippen molar-refractivity contribution in [1.82, 2.24) is 0 Å². The lowest BCUT2D eigenvalue weighted by Gasteiger charge is -2.30. The van der Waals surface area contributed by atoms with Crippen LogP contribution in [0, 0.1) is 5.92 Å². The normalized spacial score (nSPS) is 16.1. The lowest BCUT2D eigenvalue weighted by molar-refractivity contribution is -0.343. The van der Waals surface area contributed by atoms with Crippen LogP contribution < -0.4 is 0 Å². The summed E-state index contributed by atoms with van der Waals surface area (Å²) in [6.07, 6.45) is -21.8. The van der Waals surface area contributed by atoms with Gasteiger partial charge in [-0.05, 0) is 25.7 Å². The molecule has 1 atom stereocenters. The molecule has 11 heteroatoms. The van der Waals surface area contributed by atoms with Crippen LogP contribution in [0.4, 0.5) is 43.9 Å². The SMILES string of the molecule is FC(F)(F)C(CCI)CCCC(F)(C(F)(F)F)C(F)(F)F. The second-order valence-electron chi connectivity index (χ2n) is 4.41. The van der Waals surface area contributed by atoms with Crippen molar-refractivity contribution in [3.63, 3.8) is 0 Å². The molecular formula is C10H11F10I. The van der Waals surface area contributed by atoms with Crippen LogP contribution in [0.15, 0.2) is 0 Å². The minimum Gasteiger partial charge on any atom is -0.224 e. The van der Waals surface area contributed by atoms with E-state index in [1.807, 2.05) is 0 Å². The standard InChI is InChI=1S/C10H11F10I/c11-7(9(15,16)17,10(18,19)20)4-1-2-6(3-5-21)8(12,13)14/h6H,1-5H2. The van der Waals surface area contributed by atoms with Gasteiger partial charge in [-0.25, -0.2) is 4.39 Å². The molecule has 21 heavy (non-hydrogen) atoms. The van der Waals surface area contributed by atoms with Gasteiger partial charge in [-0.15, -0.1) is 0 Å². The Labute approximate surface area is 127 Å². The zero-order valence-electron chi connectivity index (χ0n) is 10.3. The third kappa shape index (κ3) is 5.62. The highest BCUT2D eigenvalue weighted by atomic mass is 127. The molecule has 0 heterocycles. The predicted molar refractivity (Wildman–Crippen MR) is 62.8 cm³/mol. The summed E-state index contributed by atoms with van der Waals surface area (Å²) >= 11 is 1.60. The highest BCUT2D eigenvalue weighted by molar-refractivity contribution is 14.1. The van der Waals surface area contributed by atoms with Gasteiger partial charge in [0.2, 0.25) is 0 Å². The molecule has 0 aromatic rings. The molecule has 0 saturated carbocycles. The topological polar surface area (TPSA) is 0 Å². The van der Waals surface area contributed by atoms with E-state index in [2.05, 4.69) is 0 Å². The zero-order valence-corrected chi connectivity index (χ0v) is 12.4. The number of halogens is 11. The van der Waals surface area contributed by atoms with Crippen molar-refractivity contribution in [2.45, 2.75) is 49.9 Å². The molecule has 0 rings (SSSR count). The Bertz CT molecular complexity index is 301. The maximum Gasteiger partial charge on any atom is 0.431 e. The first-order valence-corrected chi connectivity index (χ1v) is 7.14. The lowest BCUT2D eigenvalue weighted by Crippen LogP contribution is -2.53. The summed E-state index contributed by atoms with van der Waals surface area (Å²) in [5, 5.41) is 0. The maximum absolute atomic E-state index is 13.2. The Morgan fingerprint density at radius 3 is 1.43 bits per heavy atom. The second-order valence-corrected chi connectivity index (χ2v) is 5.48. The van der Waals surface area contributed by atoms with Crippen LogP contribution in [-0.4, -0.2) is 28.6 Å². The van der Waals surface area contributed by atoms with Crippen LogP contribution in [0.1, 0.15) is 25.7 Å². The van der Waals surface area contributed by atoms with Crippen molar-refractivity contribution in [3.8, 4) is 0 Å². The van der Waals surface area contributed by atoms with E-state index in [0.717, 1.165) is 0 Å². The van der Waals surface area contributed by atoms with Gasteiger partial charge in [0.25, 0.3) is 5.67 Å². The van der Waals surface area contributed by atoms with E-state index >= 15 is 0 Å². The molecule has 0 aromatic carbocycles. The molecule has 0 aliphatic rings. The molecular weight excluding hydrogens is 437 g/mol. The molecule has 0 N–H and O–H groups in total. The van der Waals surface area contributed by atoms with Crippen molar-refractivity contribution < 1.29 is 43.9 Å². The van der Waals surface area contributed by atoms with E-state index < -0.39 is 55.8 Å². The Morgan fingerprint density at radius 2 is 1.14 bits per heavy atom. The minimum atomic E-state index is -6.22. The molecule has 0 saturated heterocycles. The monoisotopic (exact) mass is 448 g/mol. The van der Waals surface area contributed by atoms with E-state index in [9.17, 15) is 43.9 Å². The van der Waals surface area contributed by atoms with Crippen molar-refractivity contribution in [3.05, 3.63) is 0 Å². The van der Waals surface area contributed by atoms with Crippen molar-refractivity contribution >= 4 is 22.6 Å². The van der Waals surface area contributed by atoms with Crippen molar-refractivity contribution in [2.24, 2.45) is 5.92 Å². The van der Waals surface area contributed by atoms with E-state index in [1.165, 1.54) is 0 Å². The van der Waals surface area contributed by atoms with E-state index in [-0.39, 0.29) is 4.43 Å². The fourth-order valence-electron chi connectivity index (χ4n) is 1.64. The van der Waals surface area contributed by atoms with Gasteiger partial charge in [0, 0.05) is 4.43 Å². The predicted octanol–water partition coefficient (Wildman–Crippen LogP) is 5.99. The van der Waals surface area contributed by atoms with Gasteiger partial charge in [-0.2, -0.15) is 39.5 Å². The summed E-state index contributed by atoms with van der Waals surface area (Å²) in [5.41, 5.74) is -5.49. The Balaban J connectivity index is 4.87. The van der Waals surface area contributed by atoms with Crippen LogP contribution in [-0.2, 0) is 0 Å². The zero-order chi connectivity index (χ0) is 17.1. The minimum absolute atomic E-state index is 0.0290. The van der Waals surface area contributed by atoms with E-state index in [4.69, 9.17) is 0 Å². The molecule has 128 valence electrons. The van der Waals surface area contributed by atoms with E-state index in [1.54, 1.807) is 22.6 Å². The van der Waals surface area contributed by atoms with Crippen LogP contribution in [0.25, 0.3) is 0 Å². The molecule has 0 amide bonds. The molecule has 0 nitrogen and oxygen atoms in total. The Kier molecular flexibility index (Phi) is 7.08. The third-order valence-electron chi connectivity index (χ3n) is 2.89. The van der Waals surface area contributed by atoms with E-state index in [0.29, 0.717) is 0 Å². The van der Waals surface area contributed by atoms with Gasteiger partial charge in [-0.3, -0.25) is 0 Å². The smallest absolute Gasteiger partial charge is 0.224 e. The highest BCUT2D eigenvalue weighted by Crippen LogP contribution is 2.49. The summed E-state index contributed by atoms with van der Waals surface area (Å²) < 4.78 is 124. The summed E-state index contributed by atoms with van der Waals surface area (Å²) in [5.74, 6) is -2.04. The van der Waals surface area contributed by atoms with Crippen LogP contribution >= 0.6 is 22.6 Å². The first-order valence-electron chi connectivity index (χ1n) is 5.62. The van der Waals surface area contributed by atoms with Gasteiger partial charge >= 0.3 is 18.5 Å². The average molecular weight is 448 g/mol. The van der Waals surface area contributed by atoms with Gasteiger partial charge in [0.15, 0.2) is 0 Å². The number of alkyl halides is 11. The molecule has 1 unspecified atom stereocenters.